The minimum Gasteiger partial charge on any atom is -0.325 e. The molecule has 1 amide bonds. The first kappa shape index (κ1) is 19.4. The van der Waals surface area contributed by atoms with E-state index in [0.29, 0.717) is 0 Å². The first-order chi connectivity index (χ1) is 13.4. The molecule has 0 saturated carbocycles. The maximum Gasteiger partial charge on any atom is 0.237 e. The lowest BCUT2D eigenvalue weighted by Crippen LogP contribution is -2.23. The van der Waals surface area contributed by atoms with Gasteiger partial charge in [0, 0.05) is 16.0 Å². The summed E-state index contributed by atoms with van der Waals surface area (Å²) in [5.41, 5.74) is 4.50. The first-order valence-electron chi connectivity index (χ1n) is 9.72. The average molecular weight is 412 g/mol. The monoisotopic (exact) mass is 411 g/mol. The molecule has 0 radical (unpaired) electrons. The van der Waals surface area contributed by atoms with E-state index >= 15 is 0 Å². The lowest BCUT2D eigenvalue weighted by molar-refractivity contribution is -0.115. The van der Waals surface area contributed by atoms with Gasteiger partial charge < -0.3 is 5.32 Å². The van der Waals surface area contributed by atoms with Crippen LogP contribution in [0.15, 0.2) is 29.6 Å². The van der Waals surface area contributed by atoms with E-state index in [4.69, 9.17) is 0 Å². The van der Waals surface area contributed by atoms with Crippen molar-refractivity contribution in [3.63, 3.8) is 0 Å². The maximum absolute atomic E-state index is 12.8. The molecule has 6 heteroatoms. The quantitative estimate of drug-likeness (QED) is 0.451. The molecule has 1 aliphatic rings. The Morgan fingerprint density at radius 3 is 2.96 bits per heavy atom. The number of aromatic nitrogens is 2. The topological polar surface area (TPSA) is 54.9 Å². The summed E-state index contributed by atoms with van der Waals surface area (Å²) in [5.74, 6) is 0.732. The van der Waals surface area contributed by atoms with E-state index < -0.39 is 0 Å². The Balaban J connectivity index is 1.57. The highest BCUT2D eigenvalue weighted by molar-refractivity contribution is 8.00. The molecule has 1 N–H and O–H groups in total. The number of aryl methyl sites for hydroxylation is 3. The van der Waals surface area contributed by atoms with Crippen LogP contribution in [-0.4, -0.2) is 21.1 Å². The van der Waals surface area contributed by atoms with E-state index in [0.717, 1.165) is 45.4 Å². The van der Waals surface area contributed by atoms with Crippen molar-refractivity contribution in [2.24, 2.45) is 5.92 Å². The lowest BCUT2D eigenvalue weighted by Gasteiger charge is -2.18. The summed E-state index contributed by atoms with van der Waals surface area (Å²) >= 11 is 3.33. The third kappa shape index (κ3) is 3.80. The van der Waals surface area contributed by atoms with Crippen LogP contribution in [0.3, 0.4) is 0 Å². The first-order valence-corrected chi connectivity index (χ1v) is 11.4. The highest BCUT2D eigenvalue weighted by atomic mass is 32.2. The second kappa shape index (κ2) is 7.84. The fraction of sp³-hybridized carbons (Fsp3) is 0.409. The Labute approximate surface area is 174 Å². The van der Waals surface area contributed by atoms with Crippen LogP contribution in [0.1, 0.15) is 41.8 Å². The van der Waals surface area contributed by atoms with Gasteiger partial charge in [0.15, 0.2) is 0 Å². The van der Waals surface area contributed by atoms with E-state index in [-0.39, 0.29) is 11.2 Å². The molecule has 28 heavy (non-hydrogen) atoms. The summed E-state index contributed by atoms with van der Waals surface area (Å²) in [6.45, 7) is 8.30. The number of hydrogen-bond acceptors (Lipinski definition) is 5. The van der Waals surface area contributed by atoms with Crippen molar-refractivity contribution in [3.8, 4) is 0 Å². The van der Waals surface area contributed by atoms with Crippen molar-refractivity contribution < 1.29 is 4.79 Å². The Kier molecular flexibility index (Phi) is 5.43. The van der Waals surface area contributed by atoms with Gasteiger partial charge in [-0.05, 0) is 68.7 Å². The van der Waals surface area contributed by atoms with Crippen LogP contribution in [0, 0.1) is 19.8 Å². The lowest BCUT2D eigenvalue weighted by atomic mass is 9.89. The van der Waals surface area contributed by atoms with Gasteiger partial charge in [0.05, 0.1) is 5.25 Å². The molecule has 3 aromatic rings. The van der Waals surface area contributed by atoms with E-state index in [1.165, 1.54) is 34.0 Å². The van der Waals surface area contributed by atoms with E-state index in [9.17, 15) is 4.79 Å². The number of thiophene rings is 1. The highest BCUT2D eigenvalue weighted by Gasteiger charge is 2.25. The summed E-state index contributed by atoms with van der Waals surface area (Å²) in [4.78, 5) is 24.4. The SMILES string of the molecule is Cc1ccc(C)c(NC(=O)[C@@H](C)Sc2ncnc3sc4c(c23)CC[C@H](C)C4)c1. The molecule has 146 valence electrons. The van der Waals surface area contributed by atoms with Crippen LogP contribution in [0.25, 0.3) is 10.2 Å². The average Bonchev–Trinajstić information content (AvgIpc) is 3.03. The number of benzene rings is 1. The van der Waals surface area contributed by atoms with Crippen molar-refractivity contribution in [3.05, 3.63) is 46.1 Å². The second-order valence-corrected chi connectivity index (χ2v) is 10.2. The van der Waals surface area contributed by atoms with Crippen LogP contribution < -0.4 is 5.32 Å². The number of anilines is 1. The molecule has 2 atom stereocenters. The molecule has 4 nitrogen and oxygen atoms in total. The number of hydrogen-bond donors (Lipinski definition) is 1. The standard InChI is InChI=1S/C22H25N3OS2/c1-12-5-7-14(3)17(9-12)25-20(26)15(4)27-21-19-16-8-6-13(2)10-18(16)28-22(19)24-11-23-21/h5,7,9,11,13,15H,6,8,10H2,1-4H3,(H,25,26)/t13-,15+/m0/s1. The second-order valence-electron chi connectivity index (χ2n) is 7.78. The number of nitrogens with one attached hydrogen (secondary N) is 1. The van der Waals surface area contributed by atoms with Crippen LogP contribution in [-0.2, 0) is 17.6 Å². The summed E-state index contributed by atoms with van der Waals surface area (Å²) < 4.78 is 0. The van der Waals surface area contributed by atoms with Gasteiger partial charge in [-0.3, -0.25) is 4.79 Å². The fourth-order valence-electron chi connectivity index (χ4n) is 3.66. The molecule has 4 rings (SSSR count). The third-order valence-electron chi connectivity index (χ3n) is 5.37. The number of rotatable bonds is 4. The largest absolute Gasteiger partial charge is 0.325 e. The van der Waals surface area contributed by atoms with Crippen molar-refractivity contribution in [1.82, 2.24) is 9.97 Å². The zero-order valence-corrected chi connectivity index (χ0v) is 18.3. The van der Waals surface area contributed by atoms with Crippen molar-refractivity contribution >= 4 is 44.9 Å². The van der Waals surface area contributed by atoms with Crippen molar-refractivity contribution in [2.45, 2.75) is 57.2 Å². The van der Waals surface area contributed by atoms with Gasteiger partial charge in [-0.15, -0.1) is 11.3 Å². The Morgan fingerprint density at radius 1 is 1.32 bits per heavy atom. The Hall–Kier alpha value is -1.92. The molecule has 0 bridgehead atoms. The molecule has 1 aliphatic carbocycles. The van der Waals surface area contributed by atoms with Gasteiger partial charge in [-0.25, -0.2) is 9.97 Å². The number of carbonyl (C=O) groups excluding carboxylic acids is 1. The smallest absolute Gasteiger partial charge is 0.237 e. The zero-order chi connectivity index (χ0) is 19.8. The van der Waals surface area contributed by atoms with Gasteiger partial charge >= 0.3 is 0 Å². The predicted octanol–water partition coefficient (Wildman–Crippen LogP) is 5.55. The number of amides is 1. The van der Waals surface area contributed by atoms with Crippen LogP contribution in [0.2, 0.25) is 0 Å². The number of thioether (sulfide) groups is 1. The number of fused-ring (bicyclic) bond motifs is 3. The highest BCUT2D eigenvalue weighted by Crippen LogP contribution is 2.41. The summed E-state index contributed by atoms with van der Waals surface area (Å²) in [6.07, 6.45) is 5.05. The molecule has 0 fully saturated rings. The third-order valence-corrected chi connectivity index (χ3v) is 7.63. The molecule has 0 aliphatic heterocycles. The van der Waals surface area contributed by atoms with Crippen LogP contribution in [0.4, 0.5) is 5.69 Å². The number of nitrogens with zero attached hydrogens (tertiary/aromatic N) is 2. The maximum atomic E-state index is 12.8. The molecular formula is C22H25N3OS2. The minimum atomic E-state index is -0.240. The van der Waals surface area contributed by atoms with Gasteiger partial charge in [-0.1, -0.05) is 30.8 Å². The summed E-state index contributed by atoms with van der Waals surface area (Å²) in [7, 11) is 0. The fourth-order valence-corrected chi connectivity index (χ4v) is 6.02. The van der Waals surface area contributed by atoms with E-state index in [2.05, 4.69) is 28.3 Å². The summed E-state index contributed by atoms with van der Waals surface area (Å²) in [6, 6.07) is 6.11. The van der Waals surface area contributed by atoms with Crippen molar-refractivity contribution in [2.75, 3.05) is 5.32 Å². The number of carbonyl (C=O) groups is 1. The molecule has 0 unspecified atom stereocenters. The predicted molar refractivity (Wildman–Crippen MR) is 118 cm³/mol. The Morgan fingerprint density at radius 2 is 2.14 bits per heavy atom. The minimum absolute atomic E-state index is 0.00295. The molecule has 2 heterocycles. The van der Waals surface area contributed by atoms with Gasteiger partial charge in [0.1, 0.15) is 16.2 Å². The Bertz CT molecular complexity index is 1040. The molecule has 1 aromatic carbocycles. The normalized spacial score (nSPS) is 17.4. The molecule has 0 saturated heterocycles. The van der Waals surface area contributed by atoms with Crippen LogP contribution in [0.5, 0.6) is 0 Å². The molecule has 0 spiro atoms. The molecular weight excluding hydrogens is 386 g/mol. The zero-order valence-electron chi connectivity index (χ0n) is 16.7. The van der Waals surface area contributed by atoms with E-state index in [1.807, 2.05) is 32.9 Å². The van der Waals surface area contributed by atoms with Gasteiger partial charge in [-0.2, -0.15) is 0 Å². The van der Waals surface area contributed by atoms with Gasteiger partial charge in [0.2, 0.25) is 5.91 Å². The van der Waals surface area contributed by atoms with Crippen molar-refractivity contribution in [1.29, 1.82) is 0 Å². The van der Waals surface area contributed by atoms with E-state index in [1.54, 1.807) is 17.7 Å². The molecule has 2 aromatic heterocycles. The summed E-state index contributed by atoms with van der Waals surface area (Å²) in [5, 5.41) is 4.94. The van der Waals surface area contributed by atoms with Crippen LogP contribution >= 0.6 is 23.1 Å². The van der Waals surface area contributed by atoms with Gasteiger partial charge in [0.25, 0.3) is 0 Å².